The van der Waals surface area contributed by atoms with E-state index in [4.69, 9.17) is 10.5 Å². The number of nitrogens with zero attached hydrogens (tertiary/aromatic N) is 1. The number of pyridine rings is 1. The van der Waals surface area contributed by atoms with Crippen LogP contribution >= 0.6 is 0 Å². The van der Waals surface area contributed by atoms with E-state index in [1.165, 1.54) is 30.5 Å². The molecule has 0 saturated heterocycles. The van der Waals surface area contributed by atoms with Gasteiger partial charge in [-0.05, 0) is 25.1 Å². The van der Waals surface area contributed by atoms with E-state index in [-0.39, 0.29) is 10.6 Å². The first kappa shape index (κ1) is 15.0. The van der Waals surface area contributed by atoms with Gasteiger partial charge in [0.15, 0.2) is 0 Å². The molecule has 0 aliphatic rings. The zero-order valence-electron chi connectivity index (χ0n) is 11.2. The van der Waals surface area contributed by atoms with E-state index in [0.29, 0.717) is 12.5 Å². The van der Waals surface area contributed by atoms with Crippen LogP contribution in [0.15, 0.2) is 41.4 Å². The number of hydrogen-bond donors (Lipinski definition) is 2. The Hall–Kier alpha value is -2.35. The van der Waals surface area contributed by atoms with Crippen molar-refractivity contribution >= 4 is 21.4 Å². The summed E-state index contributed by atoms with van der Waals surface area (Å²) < 4.78 is 45.1. The quantitative estimate of drug-likeness (QED) is 0.824. The highest BCUT2D eigenvalue weighted by atomic mass is 32.2. The van der Waals surface area contributed by atoms with Crippen molar-refractivity contribution in [2.75, 3.05) is 17.1 Å². The highest BCUT2D eigenvalue weighted by molar-refractivity contribution is 7.92. The molecule has 1 heterocycles. The average Bonchev–Trinajstić information content (AvgIpc) is 2.44. The monoisotopic (exact) mass is 311 g/mol. The number of rotatable bonds is 5. The zero-order valence-corrected chi connectivity index (χ0v) is 12.0. The minimum Gasteiger partial charge on any atom is -0.478 e. The summed E-state index contributed by atoms with van der Waals surface area (Å²) in [6.45, 7) is 2.27. The molecule has 2 aromatic rings. The maximum atomic E-state index is 13.3. The van der Waals surface area contributed by atoms with Crippen molar-refractivity contribution in [1.29, 1.82) is 0 Å². The summed E-state index contributed by atoms with van der Waals surface area (Å²) in [7, 11) is -3.99. The molecule has 0 bridgehead atoms. The van der Waals surface area contributed by atoms with Gasteiger partial charge in [0.2, 0.25) is 5.88 Å². The lowest BCUT2D eigenvalue weighted by Gasteiger charge is -2.10. The normalized spacial score (nSPS) is 11.1. The van der Waals surface area contributed by atoms with Crippen molar-refractivity contribution in [1.82, 2.24) is 4.98 Å². The van der Waals surface area contributed by atoms with Crippen LogP contribution in [0.25, 0.3) is 0 Å². The molecule has 0 radical (unpaired) electrons. The highest BCUT2D eigenvalue weighted by Crippen LogP contribution is 2.23. The molecule has 8 heteroatoms. The van der Waals surface area contributed by atoms with Gasteiger partial charge >= 0.3 is 0 Å². The number of aromatic nitrogens is 1. The molecule has 0 atom stereocenters. The summed E-state index contributed by atoms with van der Waals surface area (Å²) in [4.78, 5) is 3.61. The minimum absolute atomic E-state index is 0.224. The van der Waals surface area contributed by atoms with Gasteiger partial charge in [-0.3, -0.25) is 4.72 Å². The van der Waals surface area contributed by atoms with Crippen molar-refractivity contribution in [2.24, 2.45) is 0 Å². The Labute approximate surface area is 121 Å². The number of ether oxygens (including phenoxy) is 1. The number of benzene rings is 1. The number of para-hydroxylation sites is 1. The van der Waals surface area contributed by atoms with Crippen LogP contribution < -0.4 is 15.2 Å². The Morgan fingerprint density at radius 3 is 2.71 bits per heavy atom. The first-order valence-corrected chi connectivity index (χ1v) is 7.58. The molecule has 1 aromatic heterocycles. The van der Waals surface area contributed by atoms with E-state index in [2.05, 4.69) is 9.71 Å². The number of anilines is 2. The molecule has 0 unspecified atom stereocenters. The molecule has 0 fully saturated rings. The second kappa shape index (κ2) is 5.96. The van der Waals surface area contributed by atoms with Gasteiger partial charge in [0.05, 0.1) is 24.2 Å². The number of nitrogens with one attached hydrogen (secondary N) is 1. The van der Waals surface area contributed by atoms with Crippen molar-refractivity contribution in [3.8, 4) is 5.88 Å². The summed E-state index contributed by atoms with van der Waals surface area (Å²) in [6, 6.07) is 6.60. The predicted molar refractivity (Wildman–Crippen MR) is 77.0 cm³/mol. The van der Waals surface area contributed by atoms with Gasteiger partial charge in [-0.2, -0.15) is 0 Å². The highest BCUT2D eigenvalue weighted by Gasteiger charge is 2.19. The van der Waals surface area contributed by atoms with E-state index >= 15 is 0 Å². The number of nitrogen functional groups attached to an aromatic ring is 1. The molecule has 3 N–H and O–H groups in total. The number of sulfonamides is 1. The van der Waals surface area contributed by atoms with Gasteiger partial charge in [-0.25, -0.2) is 17.8 Å². The molecule has 0 spiro atoms. The Kier molecular flexibility index (Phi) is 4.27. The van der Waals surface area contributed by atoms with Crippen LogP contribution in [-0.4, -0.2) is 20.0 Å². The third kappa shape index (κ3) is 3.40. The van der Waals surface area contributed by atoms with Crippen LogP contribution in [0.5, 0.6) is 5.88 Å². The predicted octanol–water partition coefficient (Wildman–Crippen LogP) is 2.00. The first-order chi connectivity index (χ1) is 9.94. The van der Waals surface area contributed by atoms with E-state index < -0.39 is 21.5 Å². The van der Waals surface area contributed by atoms with E-state index in [9.17, 15) is 12.8 Å². The Balaban J connectivity index is 2.27. The topological polar surface area (TPSA) is 94.3 Å². The number of halogens is 1. The summed E-state index contributed by atoms with van der Waals surface area (Å²) in [5.41, 5.74) is 5.25. The maximum Gasteiger partial charge on any atom is 0.264 e. The van der Waals surface area contributed by atoms with E-state index in [0.717, 1.165) is 6.07 Å². The Morgan fingerprint density at radius 1 is 1.33 bits per heavy atom. The number of nitrogens with two attached hydrogens (primary N) is 1. The lowest BCUT2D eigenvalue weighted by molar-refractivity contribution is 0.327. The summed E-state index contributed by atoms with van der Waals surface area (Å²) in [5.74, 6) is -0.409. The van der Waals surface area contributed by atoms with Crippen LogP contribution in [0, 0.1) is 5.82 Å². The second-order valence-electron chi connectivity index (χ2n) is 4.08. The summed E-state index contributed by atoms with van der Waals surface area (Å²) in [5, 5.41) is 0. The molecule has 0 aliphatic heterocycles. The average molecular weight is 311 g/mol. The second-order valence-corrected chi connectivity index (χ2v) is 5.73. The SMILES string of the molecule is CCOc1ccc(NS(=O)(=O)c2cccc(F)c2N)cn1. The van der Waals surface area contributed by atoms with Gasteiger partial charge in [-0.15, -0.1) is 0 Å². The van der Waals surface area contributed by atoms with E-state index in [1.807, 2.05) is 6.92 Å². The van der Waals surface area contributed by atoms with Crippen molar-refractivity contribution in [3.05, 3.63) is 42.3 Å². The molecule has 0 aliphatic carbocycles. The molecule has 21 heavy (non-hydrogen) atoms. The lowest BCUT2D eigenvalue weighted by Crippen LogP contribution is -2.15. The molecule has 0 amide bonds. The van der Waals surface area contributed by atoms with Crippen LogP contribution in [-0.2, 0) is 10.0 Å². The fourth-order valence-electron chi connectivity index (χ4n) is 1.64. The maximum absolute atomic E-state index is 13.3. The van der Waals surface area contributed by atoms with Gasteiger partial charge < -0.3 is 10.5 Å². The van der Waals surface area contributed by atoms with Gasteiger partial charge in [-0.1, -0.05) is 6.07 Å². The molecular weight excluding hydrogens is 297 g/mol. The smallest absolute Gasteiger partial charge is 0.264 e. The van der Waals surface area contributed by atoms with E-state index in [1.54, 1.807) is 0 Å². The molecule has 6 nitrogen and oxygen atoms in total. The fourth-order valence-corrected chi connectivity index (χ4v) is 2.82. The van der Waals surface area contributed by atoms with Gasteiger partial charge in [0.25, 0.3) is 10.0 Å². The zero-order chi connectivity index (χ0) is 15.5. The molecule has 0 saturated carbocycles. The van der Waals surface area contributed by atoms with Gasteiger partial charge in [0, 0.05) is 6.07 Å². The Morgan fingerprint density at radius 2 is 2.10 bits per heavy atom. The number of hydrogen-bond acceptors (Lipinski definition) is 5. The van der Waals surface area contributed by atoms with Gasteiger partial charge in [0.1, 0.15) is 10.7 Å². The minimum atomic E-state index is -3.99. The third-order valence-corrected chi connectivity index (χ3v) is 4.02. The molecule has 112 valence electrons. The molecule has 2 rings (SSSR count). The fraction of sp³-hybridized carbons (Fsp3) is 0.154. The molecular formula is C13H14FN3O3S. The first-order valence-electron chi connectivity index (χ1n) is 6.09. The molecule has 1 aromatic carbocycles. The lowest BCUT2D eigenvalue weighted by atomic mass is 10.3. The van der Waals surface area contributed by atoms with Crippen LogP contribution in [0.2, 0.25) is 0 Å². The van der Waals surface area contributed by atoms with Crippen LogP contribution in [0.3, 0.4) is 0 Å². The largest absolute Gasteiger partial charge is 0.478 e. The van der Waals surface area contributed by atoms with Crippen molar-refractivity contribution < 1.29 is 17.5 Å². The third-order valence-electron chi connectivity index (χ3n) is 2.58. The standard InChI is InChI=1S/C13H14FN3O3S/c1-2-20-12-7-6-9(8-16-12)17-21(18,19)11-5-3-4-10(14)13(11)15/h3-8,17H,2,15H2,1H3. The summed E-state index contributed by atoms with van der Waals surface area (Å²) >= 11 is 0. The summed E-state index contributed by atoms with van der Waals surface area (Å²) in [6.07, 6.45) is 1.30. The van der Waals surface area contributed by atoms with Crippen LogP contribution in [0.1, 0.15) is 6.92 Å². The van der Waals surface area contributed by atoms with Crippen molar-refractivity contribution in [3.63, 3.8) is 0 Å². The van der Waals surface area contributed by atoms with Crippen molar-refractivity contribution in [2.45, 2.75) is 11.8 Å². The van der Waals surface area contributed by atoms with Crippen LogP contribution in [0.4, 0.5) is 15.8 Å². The Bertz CT molecular complexity index is 733.